The van der Waals surface area contributed by atoms with Crippen molar-refractivity contribution in [1.29, 1.82) is 0 Å². The standard InChI is InChI=1S/C15H21N3O4/c1-22-12-4-2-10(3-5-12)7-17-14(20)9-18-8-11(19)6-13(18)15(16)21/h2-5,11,13,19H,6-9H2,1H3,(H2,16,21)(H,17,20)/t11-,13-/m1/s1. The number of hydrogen-bond donors (Lipinski definition) is 3. The van der Waals surface area contributed by atoms with Crippen molar-refractivity contribution in [1.82, 2.24) is 10.2 Å². The van der Waals surface area contributed by atoms with Gasteiger partial charge in [-0.3, -0.25) is 14.5 Å². The second kappa shape index (κ2) is 7.24. The maximum absolute atomic E-state index is 12.0. The second-order valence-electron chi connectivity index (χ2n) is 5.36. The van der Waals surface area contributed by atoms with Crippen molar-refractivity contribution in [2.75, 3.05) is 20.2 Å². The third-order valence-electron chi connectivity index (χ3n) is 3.71. The number of amides is 2. The number of aliphatic hydroxyl groups is 1. The molecule has 0 spiro atoms. The lowest BCUT2D eigenvalue weighted by molar-refractivity contribution is -0.125. The van der Waals surface area contributed by atoms with E-state index in [9.17, 15) is 14.7 Å². The van der Waals surface area contributed by atoms with Gasteiger partial charge in [-0.25, -0.2) is 0 Å². The summed E-state index contributed by atoms with van der Waals surface area (Å²) in [6, 6.07) is 6.79. The molecule has 1 aromatic rings. The molecule has 0 radical (unpaired) electrons. The number of nitrogens with one attached hydrogen (secondary N) is 1. The molecule has 1 aliphatic heterocycles. The topological polar surface area (TPSA) is 105 Å². The molecular weight excluding hydrogens is 286 g/mol. The van der Waals surface area contributed by atoms with Gasteiger partial charge in [0.1, 0.15) is 5.75 Å². The predicted molar refractivity (Wildman–Crippen MR) is 80.0 cm³/mol. The number of carbonyl (C=O) groups excluding carboxylic acids is 2. The van der Waals surface area contributed by atoms with Crippen LogP contribution in [0.15, 0.2) is 24.3 Å². The van der Waals surface area contributed by atoms with Crippen LogP contribution in [0.5, 0.6) is 5.75 Å². The third-order valence-corrected chi connectivity index (χ3v) is 3.71. The quantitative estimate of drug-likeness (QED) is 0.640. The van der Waals surface area contributed by atoms with Gasteiger partial charge in [-0.1, -0.05) is 12.1 Å². The number of β-amino-alcohol motifs (C(OH)–C–C–N with tert-alkyl or cyclic N) is 1. The number of benzene rings is 1. The number of carbonyl (C=O) groups is 2. The highest BCUT2D eigenvalue weighted by molar-refractivity contribution is 5.82. The van der Waals surface area contributed by atoms with Crippen LogP contribution in [0, 0.1) is 0 Å². The highest BCUT2D eigenvalue weighted by Crippen LogP contribution is 2.17. The number of ether oxygens (including phenoxy) is 1. The lowest BCUT2D eigenvalue weighted by Crippen LogP contribution is -2.45. The zero-order valence-corrected chi connectivity index (χ0v) is 12.5. The molecule has 0 aliphatic carbocycles. The van der Waals surface area contributed by atoms with Gasteiger partial charge in [0.05, 0.1) is 25.8 Å². The van der Waals surface area contributed by atoms with Crippen LogP contribution in [0.25, 0.3) is 0 Å². The fourth-order valence-electron chi connectivity index (χ4n) is 2.53. The Morgan fingerprint density at radius 1 is 1.41 bits per heavy atom. The molecule has 4 N–H and O–H groups in total. The Kier molecular flexibility index (Phi) is 5.35. The van der Waals surface area contributed by atoms with Crippen molar-refractivity contribution in [2.24, 2.45) is 5.73 Å². The van der Waals surface area contributed by atoms with Crippen LogP contribution in [0.3, 0.4) is 0 Å². The summed E-state index contributed by atoms with van der Waals surface area (Å²) in [6.07, 6.45) is -0.340. The zero-order chi connectivity index (χ0) is 16.1. The molecule has 2 atom stereocenters. The summed E-state index contributed by atoms with van der Waals surface area (Å²) in [5.74, 6) is 0.0288. The number of rotatable bonds is 6. The molecule has 2 amide bonds. The molecule has 7 nitrogen and oxygen atoms in total. The summed E-state index contributed by atoms with van der Waals surface area (Å²) in [7, 11) is 1.59. The smallest absolute Gasteiger partial charge is 0.234 e. The van der Waals surface area contributed by atoms with Gasteiger partial charge in [0, 0.05) is 13.1 Å². The number of nitrogens with zero attached hydrogens (tertiary/aromatic N) is 1. The molecular formula is C15H21N3O4. The first-order valence-electron chi connectivity index (χ1n) is 7.10. The first-order chi connectivity index (χ1) is 10.5. The van der Waals surface area contributed by atoms with Crippen LogP contribution in [0.1, 0.15) is 12.0 Å². The molecule has 22 heavy (non-hydrogen) atoms. The van der Waals surface area contributed by atoms with Crippen molar-refractivity contribution in [3.8, 4) is 5.75 Å². The Morgan fingerprint density at radius 3 is 2.68 bits per heavy atom. The average molecular weight is 307 g/mol. The molecule has 1 saturated heterocycles. The van der Waals surface area contributed by atoms with Crippen molar-refractivity contribution in [2.45, 2.75) is 25.1 Å². The van der Waals surface area contributed by atoms with Gasteiger partial charge in [0.15, 0.2) is 0 Å². The van der Waals surface area contributed by atoms with E-state index in [0.717, 1.165) is 11.3 Å². The summed E-state index contributed by atoms with van der Waals surface area (Å²) in [5.41, 5.74) is 6.23. The van der Waals surface area contributed by atoms with Gasteiger partial charge < -0.3 is 20.9 Å². The van der Waals surface area contributed by atoms with E-state index in [1.54, 1.807) is 12.0 Å². The first-order valence-corrected chi connectivity index (χ1v) is 7.10. The second-order valence-corrected chi connectivity index (χ2v) is 5.36. The lowest BCUT2D eigenvalue weighted by Gasteiger charge is -2.20. The highest BCUT2D eigenvalue weighted by atomic mass is 16.5. The van der Waals surface area contributed by atoms with Crippen LogP contribution in [-0.4, -0.2) is 54.2 Å². The highest BCUT2D eigenvalue weighted by Gasteiger charge is 2.35. The van der Waals surface area contributed by atoms with E-state index in [-0.39, 0.29) is 25.4 Å². The van der Waals surface area contributed by atoms with Crippen molar-refractivity contribution >= 4 is 11.8 Å². The van der Waals surface area contributed by atoms with Gasteiger partial charge in [0.25, 0.3) is 0 Å². The van der Waals surface area contributed by atoms with Gasteiger partial charge in [-0.05, 0) is 24.1 Å². The molecule has 1 aromatic carbocycles. The minimum Gasteiger partial charge on any atom is -0.497 e. The monoisotopic (exact) mass is 307 g/mol. The molecule has 2 rings (SSSR count). The Hall–Kier alpha value is -2.12. The van der Waals surface area contributed by atoms with Gasteiger partial charge in [0.2, 0.25) is 11.8 Å². The maximum atomic E-state index is 12.0. The summed E-state index contributed by atoms with van der Waals surface area (Å²) in [6.45, 7) is 0.713. The van der Waals surface area contributed by atoms with E-state index >= 15 is 0 Å². The Labute approximate surface area is 129 Å². The van der Waals surface area contributed by atoms with E-state index in [1.165, 1.54) is 0 Å². The van der Waals surface area contributed by atoms with E-state index in [1.807, 2.05) is 24.3 Å². The first kappa shape index (κ1) is 16.3. The van der Waals surface area contributed by atoms with Crippen LogP contribution in [-0.2, 0) is 16.1 Å². The average Bonchev–Trinajstić information content (AvgIpc) is 2.86. The molecule has 0 saturated carbocycles. The lowest BCUT2D eigenvalue weighted by atomic mass is 10.2. The molecule has 1 heterocycles. The fraction of sp³-hybridized carbons (Fsp3) is 0.467. The minimum absolute atomic E-state index is 0.0425. The van der Waals surface area contributed by atoms with Gasteiger partial charge in [-0.2, -0.15) is 0 Å². The summed E-state index contributed by atoms with van der Waals surface area (Å²) < 4.78 is 5.07. The van der Waals surface area contributed by atoms with Crippen LogP contribution in [0.4, 0.5) is 0 Å². The van der Waals surface area contributed by atoms with Crippen molar-refractivity contribution in [3.05, 3.63) is 29.8 Å². The van der Waals surface area contributed by atoms with E-state index in [4.69, 9.17) is 10.5 Å². The van der Waals surface area contributed by atoms with Crippen LogP contribution < -0.4 is 15.8 Å². The number of aliphatic hydroxyl groups excluding tert-OH is 1. The SMILES string of the molecule is COc1ccc(CNC(=O)CN2C[C@H](O)C[C@@H]2C(N)=O)cc1. The molecule has 0 unspecified atom stereocenters. The van der Waals surface area contributed by atoms with Gasteiger partial charge >= 0.3 is 0 Å². The predicted octanol–water partition coefficient (Wildman–Crippen LogP) is -0.768. The maximum Gasteiger partial charge on any atom is 0.234 e. The van der Waals surface area contributed by atoms with Crippen LogP contribution in [0.2, 0.25) is 0 Å². The molecule has 1 aliphatic rings. The Morgan fingerprint density at radius 2 is 2.09 bits per heavy atom. The Balaban J connectivity index is 1.83. The largest absolute Gasteiger partial charge is 0.497 e. The number of methoxy groups -OCH3 is 1. The summed E-state index contributed by atoms with van der Waals surface area (Å²) in [4.78, 5) is 24.9. The number of primary amides is 1. The minimum atomic E-state index is -0.619. The van der Waals surface area contributed by atoms with E-state index in [2.05, 4.69) is 5.32 Å². The Bertz CT molecular complexity index is 532. The van der Waals surface area contributed by atoms with Crippen LogP contribution >= 0.6 is 0 Å². The fourth-order valence-corrected chi connectivity index (χ4v) is 2.53. The van der Waals surface area contributed by atoms with E-state index < -0.39 is 18.1 Å². The molecule has 0 aromatic heterocycles. The van der Waals surface area contributed by atoms with Crippen molar-refractivity contribution in [3.63, 3.8) is 0 Å². The number of nitrogens with two attached hydrogens (primary N) is 1. The third kappa shape index (κ3) is 4.19. The summed E-state index contributed by atoms with van der Waals surface area (Å²) >= 11 is 0. The molecule has 120 valence electrons. The number of likely N-dealkylation sites (tertiary alicyclic amines) is 1. The normalized spacial score (nSPS) is 21.5. The number of hydrogen-bond acceptors (Lipinski definition) is 5. The molecule has 7 heteroatoms. The summed E-state index contributed by atoms with van der Waals surface area (Å²) in [5, 5.41) is 12.4. The molecule has 0 bridgehead atoms. The van der Waals surface area contributed by atoms with E-state index in [0.29, 0.717) is 6.54 Å². The van der Waals surface area contributed by atoms with Crippen molar-refractivity contribution < 1.29 is 19.4 Å². The molecule has 1 fully saturated rings. The van der Waals surface area contributed by atoms with Gasteiger partial charge in [-0.15, -0.1) is 0 Å². The zero-order valence-electron chi connectivity index (χ0n) is 12.5.